The highest BCUT2D eigenvalue weighted by Gasteiger charge is 2.11. The Bertz CT molecular complexity index is 705. The molecule has 0 aliphatic heterocycles. The second-order valence-electron chi connectivity index (χ2n) is 5.36. The number of rotatable bonds is 6. The van der Waals surface area contributed by atoms with Gasteiger partial charge < -0.3 is 10.1 Å². The van der Waals surface area contributed by atoms with E-state index in [0.717, 1.165) is 12.1 Å². The number of ether oxygens (including phenoxy) is 1. The maximum absolute atomic E-state index is 12.2. The average Bonchev–Trinajstić information content (AvgIpc) is 2.55. The fraction of sp³-hybridized carbons (Fsp3) is 0.263. The number of hydrogen-bond acceptors (Lipinski definition) is 3. The van der Waals surface area contributed by atoms with Crippen molar-refractivity contribution in [2.75, 3.05) is 12.4 Å². The Kier molecular flexibility index (Phi) is 5.52. The van der Waals surface area contributed by atoms with Gasteiger partial charge in [0.15, 0.2) is 5.78 Å². The lowest BCUT2D eigenvalue weighted by molar-refractivity contribution is -0.115. The number of Topliss-reactive ketones (excluding diaryl/α,β-unsaturated/α-hetero) is 1. The number of hydrogen-bond donors (Lipinski definition) is 1. The minimum atomic E-state index is -0.145. The third-order valence-corrected chi connectivity index (χ3v) is 3.68. The molecule has 2 aromatic rings. The summed E-state index contributed by atoms with van der Waals surface area (Å²) in [4.78, 5) is 23.7. The van der Waals surface area contributed by atoms with Crippen molar-refractivity contribution >= 4 is 17.4 Å². The van der Waals surface area contributed by atoms with Gasteiger partial charge in [-0.3, -0.25) is 9.59 Å². The van der Waals surface area contributed by atoms with Gasteiger partial charge in [-0.15, -0.1) is 0 Å². The van der Waals surface area contributed by atoms with E-state index in [2.05, 4.69) is 12.2 Å². The summed E-state index contributed by atoms with van der Waals surface area (Å²) in [5, 5.41) is 2.86. The summed E-state index contributed by atoms with van der Waals surface area (Å²) in [6.07, 6.45) is 1.11. The summed E-state index contributed by atoms with van der Waals surface area (Å²) in [6.45, 7) is 3.59. The molecule has 120 valence electrons. The Labute approximate surface area is 136 Å². The number of amides is 1. The first-order valence-corrected chi connectivity index (χ1v) is 7.60. The van der Waals surface area contributed by atoms with Gasteiger partial charge in [-0.25, -0.2) is 0 Å². The molecule has 1 N–H and O–H groups in total. The lowest BCUT2D eigenvalue weighted by Crippen LogP contribution is -2.15. The molecule has 0 fully saturated rings. The summed E-state index contributed by atoms with van der Waals surface area (Å²) in [6, 6.07) is 12.9. The number of carbonyl (C=O) groups is 2. The van der Waals surface area contributed by atoms with E-state index in [4.69, 9.17) is 4.74 Å². The van der Waals surface area contributed by atoms with Crippen molar-refractivity contribution in [3.05, 3.63) is 59.2 Å². The predicted octanol–water partition coefficient (Wildman–Crippen LogP) is 3.64. The third kappa shape index (κ3) is 4.42. The Morgan fingerprint density at radius 1 is 1.09 bits per heavy atom. The number of ketones is 1. The minimum absolute atomic E-state index is 0.0375. The van der Waals surface area contributed by atoms with E-state index < -0.39 is 0 Å². The fourth-order valence-corrected chi connectivity index (χ4v) is 2.34. The van der Waals surface area contributed by atoms with Crippen molar-refractivity contribution in [2.24, 2.45) is 0 Å². The number of methoxy groups -OCH3 is 1. The minimum Gasteiger partial charge on any atom is -0.496 e. The van der Waals surface area contributed by atoms with Gasteiger partial charge in [0.05, 0.1) is 13.5 Å². The van der Waals surface area contributed by atoms with Crippen LogP contribution in [0.15, 0.2) is 42.5 Å². The highest BCUT2D eigenvalue weighted by molar-refractivity contribution is 5.96. The topological polar surface area (TPSA) is 55.4 Å². The molecule has 0 saturated heterocycles. The summed E-state index contributed by atoms with van der Waals surface area (Å²) >= 11 is 0. The zero-order valence-corrected chi connectivity index (χ0v) is 13.7. The van der Waals surface area contributed by atoms with Crippen molar-refractivity contribution in [1.29, 1.82) is 0 Å². The molecule has 0 aromatic heterocycles. The number of benzene rings is 2. The van der Waals surface area contributed by atoms with Crippen LogP contribution in [0, 0.1) is 0 Å². The molecule has 1 amide bonds. The Morgan fingerprint density at radius 2 is 1.78 bits per heavy atom. The maximum atomic E-state index is 12.2. The zero-order valence-electron chi connectivity index (χ0n) is 13.7. The van der Waals surface area contributed by atoms with Crippen molar-refractivity contribution in [2.45, 2.75) is 26.7 Å². The Morgan fingerprint density at radius 3 is 2.35 bits per heavy atom. The smallest absolute Gasteiger partial charge is 0.228 e. The number of aryl methyl sites for hydroxylation is 1. The molecule has 0 saturated carbocycles. The van der Waals surface area contributed by atoms with Gasteiger partial charge in [-0.05, 0) is 49.2 Å². The van der Waals surface area contributed by atoms with Crippen molar-refractivity contribution < 1.29 is 14.3 Å². The number of carbonyl (C=O) groups excluding carboxylic acids is 2. The SMILES string of the molecule is CCc1ccc(NC(=O)Cc2cc(C(C)=O)ccc2OC)cc1. The van der Waals surface area contributed by atoms with Crippen LogP contribution in [0.25, 0.3) is 0 Å². The molecular formula is C19H21NO3. The van der Waals surface area contributed by atoms with Gasteiger partial charge in [-0.2, -0.15) is 0 Å². The van der Waals surface area contributed by atoms with Crippen molar-refractivity contribution in [3.8, 4) is 5.75 Å². The fourth-order valence-electron chi connectivity index (χ4n) is 2.34. The van der Waals surface area contributed by atoms with Gasteiger partial charge in [0, 0.05) is 16.8 Å². The van der Waals surface area contributed by atoms with Crippen LogP contribution < -0.4 is 10.1 Å². The van der Waals surface area contributed by atoms with E-state index in [1.807, 2.05) is 24.3 Å². The lowest BCUT2D eigenvalue weighted by atomic mass is 10.0. The normalized spacial score (nSPS) is 10.2. The molecule has 2 rings (SSSR count). The highest BCUT2D eigenvalue weighted by Crippen LogP contribution is 2.21. The molecule has 0 spiro atoms. The summed E-state index contributed by atoms with van der Waals surface area (Å²) < 4.78 is 5.27. The molecular weight excluding hydrogens is 290 g/mol. The van der Waals surface area contributed by atoms with Crippen molar-refractivity contribution in [1.82, 2.24) is 0 Å². The standard InChI is InChI=1S/C19H21NO3/c1-4-14-5-8-17(9-6-14)20-19(22)12-16-11-15(13(2)21)7-10-18(16)23-3/h5-11H,4,12H2,1-3H3,(H,20,22). The van der Waals surface area contributed by atoms with Crippen LogP contribution in [-0.4, -0.2) is 18.8 Å². The Balaban J connectivity index is 2.12. The van der Waals surface area contributed by atoms with Gasteiger partial charge in [0.2, 0.25) is 5.91 Å². The average molecular weight is 311 g/mol. The monoisotopic (exact) mass is 311 g/mol. The van der Waals surface area contributed by atoms with Crippen LogP contribution in [0.4, 0.5) is 5.69 Å². The molecule has 0 unspecified atom stereocenters. The zero-order chi connectivity index (χ0) is 16.8. The first-order valence-electron chi connectivity index (χ1n) is 7.60. The van der Waals surface area contributed by atoms with E-state index in [9.17, 15) is 9.59 Å². The predicted molar refractivity (Wildman–Crippen MR) is 91.2 cm³/mol. The maximum Gasteiger partial charge on any atom is 0.228 e. The molecule has 0 radical (unpaired) electrons. The molecule has 23 heavy (non-hydrogen) atoms. The second kappa shape index (κ2) is 7.58. The van der Waals surface area contributed by atoms with Crippen LogP contribution in [0.1, 0.15) is 35.3 Å². The van der Waals surface area contributed by atoms with E-state index in [1.54, 1.807) is 25.3 Å². The third-order valence-electron chi connectivity index (χ3n) is 3.68. The number of nitrogens with one attached hydrogen (secondary N) is 1. The van der Waals surface area contributed by atoms with E-state index in [0.29, 0.717) is 16.9 Å². The first-order chi connectivity index (χ1) is 11.0. The van der Waals surface area contributed by atoms with Gasteiger partial charge in [0.25, 0.3) is 0 Å². The van der Waals surface area contributed by atoms with Gasteiger partial charge in [0.1, 0.15) is 5.75 Å². The van der Waals surface area contributed by atoms with Gasteiger partial charge in [-0.1, -0.05) is 19.1 Å². The van der Waals surface area contributed by atoms with Crippen molar-refractivity contribution in [3.63, 3.8) is 0 Å². The highest BCUT2D eigenvalue weighted by atomic mass is 16.5. The quantitative estimate of drug-likeness (QED) is 0.829. The largest absolute Gasteiger partial charge is 0.496 e. The van der Waals surface area contributed by atoms with Crippen LogP contribution >= 0.6 is 0 Å². The van der Waals surface area contributed by atoms with E-state index in [-0.39, 0.29) is 18.1 Å². The molecule has 4 nitrogen and oxygen atoms in total. The van der Waals surface area contributed by atoms with E-state index in [1.165, 1.54) is 12.5 Å². The molecule has 0 aliphatic carbocycles. The molecule has 4 heteroatoms. The van der Waals surface area contributed by atoms with Gasteiger partial charge >= 0.3 is 0 Å². The number of anilines is 1. The molecule has 0 atom stereocenters. The molecule has 0 heterocycles. The first kappa shape index (κ1) is 16.7. The molecule has 2 aromatic carbocycles. The Hall–Kier alpha value is -2.62. The lowest BCUT2D eigenvalue weighted by Gasteiger charge is -2.11. The van der Waals surface area contributed by atoms with Crippen LogP contribution in [0.3, 0.4) is 0 Å². The summed E-state index contributed by atoms with van der Waals surface area (Å²) in [5.74, 6) is 0.421. The second-order valence-corrected chi connectivity index (χ2v) is 5.36. The molecule has 0 bridgehead atoms. The van der Waals surface area contributed by atoms with E-state index >= 15 is 0 Å². The molecule has 0 aliphatic rings. The van der Waals surface area contributed by atoms with Crippen LogP contribution in [0.5, 0.6) is 5.75 Å². The summed E-state index contributed by atoms with van der Waals surface area (Å²) in [7, 11) is 1.55. The van der Waals surface area contributed by atoms with Crippen LogP contribution in [0.2, 0.25) is 0 Å². The summed E-state index contributed by atoms with van der Waals surface area (Å²) in [5.41, 5.74) is 3.25. The van der Waals surface area contributed by atoms with Crippen LogP contribution in [-0.2, 0) is 17.6 Å².